The van der Waals surface area contributed by atoms with Crippen LogP contribution in [0, 0.1) is 12.7 Å². The van der Waals surface area contributed by atoms with E-state index in [9.17, 15) is 26.0 Å². The molecule has 0 heterocycles. The summed E-state index contributed by atoms with van der Waals surface area (Å²) in [4.78, 5) is 12.6. The second-order valence-corrected chi connectivity index (χ2v) is 12.8. The third kappa shape index (κ3) is 7.09. The van der Waals surface area contributed by atoms with E-state index in [0.717, 1.165) is 12.1 Å². The normalized spacial score (nSPS) is 11.5. The van der Waals surface area contributed by atoms with Crippen molar-refractivity contribution in [3.8, 4) is 5.75 Å². The fourth-order valence-electron chi connectivity index (χ4n) is 3.71. The van der Waals surface area contributed by atoms with Gasteiger partial charge in [-0.1, -0.05) is 35.3 Å². The zero-order chi connectivity index (χ0) is 29.9. The lowest BCUT2D eigenvalue weighted by Gasteiger charge is -2.15. The van der Waals surface area contributed by atoms with Crippen molar-refractivity contribution in [3.63, 3.8) is 0 Å². The van der Waals surface area contributed by atoms with E-state index in [-0.39, 0.29) is 48.2 Å². The number of methoxy groups -OCH3 is 1. The third-order valence-electron chi connectivity index (χ3n) is 5.72. The Kier molecular flexibility index (Phi) is 8.78. The van der Waals surface area contributed by atoms with Crippen LogP contribution in [-0.4, -0.2) is 29.9 Å². The van der Waals surface area contributed by atoms with Crippen LogP contribution < -0.4 is 19.5 Å². The zero-order valence-electron chi connectivity index (χ0n) is 21.4. The largest absolute Gasteiger partial charge is 0.495 e. The molecule has 0 aliphatic heterocycles. The minimum absolute atomic E-state index is 0.0309. The Morgan fingerprint density at radius 1 is 0.805 bits per heavy atom. The maximum Gasteiger partial charge on any atom is 0.262 e. The number of hydrogen-bond donors (Lipinski definition) is 3. The molecule has 0 fully saturated rings. The first-order valence-corrected chi connectivity index (χ1v) is 15.4. The number of benzene rings is 4. The number of carbonyl (C=O) groups is 1. The Hall–Kier alpha value is -3.84. The Morgan fingerprint density at radius 3 is 2.27 bits per heavy atom. The van der Waals surface area contributed by atoms with Gasteiger partial charge in [-0.2, -0.15) is 0 Å². The summed E-state index contributed by atoms with van der Waals surface area (Å²) in [7, 11) is -6.90. The van der Waals surface area contributed by atoms with Gasteiger partial charge in [0.25, 0.3) is 26.0 Å². The maximum atomic E-state index is 13.7. The van der Waals surface area contributed by atoms with Crippen LogP contribution in [0.2, 0.25) is 10.0 Å². The SMILES string of the molecule is COc1ccc(NC(=O)c2cccc(NS(=O)(=O)c3cc(F)ccc3C)c2)cc1NS(=O)(=O)c1ccc(Cl)c(Cl)c1. The molecule has 0 aliphatic carbocycles. The van der Waals surface area contributed by atoms with Crippen molar-refractivity contribution < 1.29 is 30.8 Å². The van der Waals surface area contributed by atoms with E-state index < -0.39 is 31.8 Å². The third-order valence-corrected chi connectivity index (χ3v) is 9.35. The number of aryl methyl sites for hydroxylation is 1. The summed E-state index contributed by atoms with van der Waals surface area (Å²) < 4.78 is 75.3. The van der Waals surface area contributed by atoms with Crippen molar-refractivity contribution in [1.29, 1.82) is 0 Å². The van der Waals surface area contributed by atoms with Gasteiger partial charge in [0.05, 0.1) is 32.6 Å². The highest BCUT2D eigenvalue weighted by Crippen LogP contribution is 2.32. The predicted octanol–water partition coefficient (Wildman–Crippen LogP) is 6.30. The van der Waals surface area contributed by atoms with E-state index in [1.807, 2.05) is 0 Å². The molecule has 0 aliphatic rings. The first-order chi connectivity index (χ1) is 19.3. The van der Waals surface area contributed by atoms with Gasteiger partial charge in [-0.25, -0.2) is 21.2 Å². The molecule has 41 heavy (non-hydrogen) atoms. The van der Waals surface area contributed by atoms with E-state index in [1.165, 1.54) is 80.8 Å². The summed E-state index contributed by atoms with van der Waals surface area (Å²) in [6.07, 6.45) is 0. The highest BCUT2D eigenvalue weighted by atomic mass is 35.5. The van der Waals surface area contributed by atoms with Crippen LogP contribution in [0.15, 0.2) is 88.7 Å². The van der Waals surface area contributed by atoms with E-state index in [1.54, 1.807) is 0 Å². The van der Waals surface area contributed by atoms with Crippen molar-refractivity contribution in [2.45, 2.75) is 16.7 Å². The van der Waals surface area contributed by atoms with Gasteiger partial charge in [-0.3, -0.25) is 14.2 Å². The van der Waals surface area contributed by atoms with Gasteiger partial charge >= 0.3 is 0 Å². The number of amides is 1. The lowest BCUT2D eigenvalue weighted by atomic mass is 10.2. The van der Waals surface area contributed by atoms with Crippen LogP contribution in [0.25, 0.3) is 0 Å². The van der Waals surface area contributed by atoms with Gasteiger partial charge in [-0.15, -0.1) is 0 Å². The quantitative estimate of drug-likeness (QED) is 0.197. The molecular weight excluding hydrogens is 616 g/mol. The van der Waals surface area contributed by atoms with Crippen LogP contribution in [0.3, 0.4) is 0 Å². The Bertz CT molecular complexity index is 1870. The van der Waals surface area contributed by atoms with Gasteiger partial charge in [0.1, 0.15) is 11.6 Å². The summed E-state index contributed by atoms with van der Waals surface area (Å²) in [5.74, 6) is -1.14. The Labute approximate surface area is 246 Å². The number of halogens is 3. The molecule has 0 spiro atoms. The summed E-state index contributed by atoms with van der Waals surface area (Å²) >= 11 is 11.8. The molecule has 4 aromatic rings. The first kappa shape index (κ1) is 30.1. The number of carbonyl (C=O) groups excluding carboxylic acids is 1. The lowest BCUT2D eigenvalue weighted by molar-refractivity contribution is 0.102. The highest BCUT2D eigenvalue weighted by Gasteiger charge is 2.20. The summed E-state index contributed by atoms with van der Waals surface area (Å²) in [6, 6.07) is 17.2. The van der Waals surface area contributed by atoms with E-state index in [0.29, 0.717) is 5.56 Å². The van der Waals surface area contributed by atoms with Crippen molar-refractivity contribution in [2.24, 2.45) is 0 Å². The fraction of sp³-hybridized carbons (Fsp3) is 0.0741. The van der Waals surface area contributed by atoms with Crippen molar-refractivity contribution >= 4 is 66.2 Å². The van der Waals surface area contributed by atoms with Crippen LogP contribution in [0.5, 0.6) is 5.75 Å². The van der Waals surface area contributed by atoms with Crippen LogP contribution in [0.4, 0.5) is 21.5 Å². The number of sulfonamides is 2. The molecule has 0 atom stereocenters. The number of anilines is 3. The Morgan fingerprint density at radius 2 is 1.56 bits per heavy atom. The summed E-state index contributed by atoms with van der Waals surface area (Å²) in [5, 5.41) is 2.88. The van der Waals surface area contributed by atoms with Crippen LogP contribution >= 0.6 is 23.2 Å². The smallest absolute Gasteiger partial charge is 0.262 e. The van der Waals surface area contributed by atoms with E-state index >= 15 is 0 Å². The fourth-order valence-corrected chi connectivity index (χ4v) is 6.47. The van der Waals surface area contributed by atoms with Gasteiger partial charge in [-0.05, 0) is 79.2 Å². The molecule has 0 radical (unpaired) electrons. The molecule has 3 N–H and O–H groups in total. The molecule has 4 rings (SSSR count). The summed E-state index contributed by atoms with van der Waals surface area (Å²) in [6.45, 7) is 1.53. The molecule has 0 saturated carbocycles. The molecular formula is C27H22Cl2FN3O6S2. The molecule has 0 unspecified atom stereocenters. The number of hydrogen-bond acceptors (Lipinski definition) is 6. The van der Waals surface area contributed by atoms with Crippen LogP contribution in [-0.2, 0) is 20.0 Å². The number of nitrogens with one attached hydrogen (secondary N) is 3. The molecule has 9 nitrogen and oxygen atoms in total. The van der Waals surface area contributed by atoms with Crippen molar-refractivity contribution in [1.82, 2.24) is 0 Å². The lowest BCUT2D eigenvalue weighted by Crippen LogP contribution is -2.16. The molecule has 0 bridgehead atoms. The first-order valence-electron chi connectivity index (χ1n) is 11.7. The minimum atomic E-state index is -4.14. The average molecular weight is 639 g/mol. The van der Waals surface area contributed by atoms with E-state index in [2.05, 4.69) is 14.8 Å². The highest BCUT2D eigenvalue weighted by molar-refractivity contribution is 7.93. The molecule has 14 heteroatoms. The molecule has 1 amide bonds. The number of ether oxygens (including phenoxy) is 1. The molecule has 214 valence electrons. The molecule has 0 aromatic heterocycles. The monoisotopic (exact) mass is 637 g/mol. The van der Waals surface area contributed by atoms with E-state index in [4.69, 9.17) is 27.9 Å². The van der Waals surface area contributed by atoms with Crippen molar-refractivity contribution in [2.75, 3.05) is 21.9 Å². The topological polar surface area (TPSA) is 131 Å². The Balaban J connectivity index is 1.55. The zero-order valence-corrected chi connectivity index (χ0v) is 24.6. The standard InChI is InChI=1S/C27H22Cl2FN3O6S2/c1-16-6-7-18(30)13-26(16)41(37,38)32-20-5-3-4-17(12-20)27(34)31-19-8-11-25(39-2)24(14-19)33-40(35,36)21-9-10-22(28)23(29)15-21/h3-15,32-33H,1-2H3,(H,31,34). The molecule has 4 aromatic carbocycles. The second kappa shape index (κ2) is 12.0. The summed E-state index contributed by atoms with van der Waals surface area (Å²) in [5.41, 5.74) is 0.756. The minimum Gasteiger partial charge on any atom is -0.495 e. The van der Waals surface area contributed by atoms with Crippen molar-refractivity contribution in [3.05, 3.63) is 106 Å². The van der Waals surface area contributed by atoms with Gasteiger partial charge < -0.3 is 10.1 Å². The molecule has 0 saturated heterocycles. The second-order valence-electron chi connectivity index (χ2n) is 8.65. The number of rotatable bonds is 9. The predicted molar refractivity (Wildman–Crippen MR) is 157 cm³/mol. The van der Waals surface area contributed by atoms with Gasteiger partial charge in [0, 0.05) is 16.9 Å². The van der Waals surface area contributed by atoms with Crippen LogP contribution in [0.1, 0.15) is 15.9 Å². The maximum absolute atomic E-state index is 13.7. The van der Waals surface area contributed by atoms with Gasteiger partial charge in [0.15, 0.2) is 0 Å². The van der Waals surface area contributed by atoms with Gasteiger partial charge in [0.2, 0.25) is 0 Å². The average Bonchev–Trinajstić information content (AvgIpc) is 2.91.